The number of hydrogen-bond acceptors (Lipinski definition) is 5. The molecule has 7 nitrogen and oxygen atoms in total. The number of anilines is 1. The SMILES string of the molecule is Cc1cccc2c1NC(=O)[C@@]21N[C@@H]([C@H](C)O)[C@H]2C(=O)N(Cc3ccccc3Cl)C(=O)[C@H]21. The molecule has 2 aromatic carbocycles. The number of aryl methyl sites for hydroxylation is 1. The second-order valence-electron chi connectivity index (χ2n) is 8.53. The number of nitrogens with one attached hydrogen (secondary N) is 2. The maximum Gasteiger partial charge on any atom is 0.250 e. The Morgan fingerprint density at radius 2 is 1.87 bits per heavy atom. The molecule has 160 valence electrons. The average molecular weight is 440 g/mol. The number of amides is 3. The first-order chi connectivity index (χ1) is 14.8. The monoisotopic (exact) mass is 439 g/mol. The van der Waals surface area contributed by atoms with Crippen LogP contribution in [0.2, 0.25) is 5.02 Å². The number of fused-ring (bicyclic) bond motifs is 4. The second kappa shape index (κ2) is 6.88. The van der Waals surface area contributed by atoms with E-state index in [2.05, 4.69) is 10.6 Å². The number of likely N-dealkylation sites (tertiary alicyclic amines) is 1. The molecule has 0 aromatic heterocycles. The van der Waals surface area contributed by atoms with Crippen LogP contribution >= 0.6 is 11.6 Å². The Morgan fingerprint density at radius 1 is 1.13 bits per heavy atom. The lowest BCUT2D eigenvalue weighted by Crippen LogP contribution is -2.54. The maximum absolute atomic E-state index is 13.6. The minimum Gasteiger partial charge on any atom is -0.392 e. The molecule has 5 atom stereocenters. The molecule has 0 aliphatic carbocycles. The molecule has 1 spiro atoms. The summed E-state index contributed by atoms with van der Waals surface area (Å²) in [5.74, 6) is -3.03. The number of hydrogen-bond donors (Lipinski definition) is 3. The van der Waals surface area contributed by atoms with Crippen molar-refractivity contribution in [2.24, 2.45) is 11.8 Å². The van der Waals surface area contributed by atoms with Gasteiger partial charge in [0.05, 0.1) is 24.5 Å². The first-order valence-electron chi connectivity index (χ1n) is 10.2. The van der Waals surface area contributed by atoms with Crippen LogP contribution < -0.4 is 10.6 Å². The van der Waals surface area contributed by atoms with E-state index in [1.807, 2.05) is 19.1 Å². The molecule has 0 bridgehead atoms. The van der Waals surface area contributed by atoms with E-state index in [1.165, 1.54) is 4.90 Å². The first kappa shape index (κ1) is 20.2. The van der Waals surface area contributed by atoms with Crippen molar-refractivity contribution < 1.29 is 19.5 Å². The molecule has 2 fully saturated rings. The molecule has 31 heavy (non-hydrogen) atoms. The van der Waals surface area contributed by atoms with Gasteiger partial charge in [-0.2, -0.15) is 0 Å². The summed E-state index contributed by atoms with van der Waals surface area (Å²) in [5.41, 5.74) is 1.39. The third-order valence-corrected chi connectivity index (χ3v) is 7.16. The molecule has 0 saturated carbocycles. The van der Waals surface area contributed by atoms with E-state index < -0.39 is 41.3 Å². The fraction of sp³-hybridized carbons (Fsp3) is 0.348. The van der Waals surface area contributed by atoms with E-state index in [4.69, 9.17) is 11.6 Å². The van der Waals surface area contributed by atoms with E-state index in [-0.39, 0.29) is 12.5 Å². The third kappa shape index (κ3) is 2.63. The molecule has 2 aromatic rings. The van der Waals surface area contributed by atoms with Crippen LogP contribution in [0.25, 0.3) is 0 Å². The van der Waals surface area contributed by atoms with Crippen LogP contribution in [-0.4, -0.2) is 39.9 Å². The predicted molar refractivity (Wildman–Crippen MR) is 114 cm³/mol. The lowest BCUT2D eigenvalue weighted by Gasteiger charge is -2.30. The number of carbonyl (C=O) groups is 3. The summed E-state index contributed by atoms with van der Waals surface area (Å²) in [6.45, 7) is 3.46. The highest BCUT2D eigenvalue weighted by molar-refractivity contribution is 6.31. The summed E-state index contributed by atoms with van der Waals surface area (Å²) in [7, 11) is 0. The number of halogens is 1. The highest BCUT2D eigenvalue weighted by atomic mass is 35.5. The van der Waals surface area contributed by atoms with Crippen molar-refractivity contribution in [2.75, 3.05) is 5.32 Å². The van der Waals surface area contributed by atoms with Gasteiger partial charge in [-0.15, -0.1) is 0 Å². The molecule has 3 aliphatic heterocycles. The Hall–Kier alpha value is -2.74. The van der Waals surface area contributed by atoms with E-state index in [1.54, 1.807) is 37.3 Å². The number of aliphatic hydroxyl groups excluding tert-OH is 1. The number of carbonyl (C=O) groups excluding carboxylic acids is 3. The van der Waals surface area contributed by atoms with Gasteiger partial charge >= 0.3 is 0 Å². The molecule has 0 radical (unpaired) electrons. The van der Waals surface area contributed by atoms with Crippen LogP contribution in [-0.2, 0) is 26.5 Å². The van der Waals surface area contributed by atoms with Gasteiger partial charge in [0.25, 0.3) is 0 Å². The van der Waals surface area contributed by atoms with Crippen LogP contribution in [0.15, 0.2) is 42.5 Å². The Kier molecular flexibility index (Phi) is 4.48. The number of imide groups is 1. The van der Waals surface area contributed by atoms with Crippen molar-refractivity contribution >= 4 is 35.0 Å². The summed E-state index contributed by atoms with van der Waals surface area (Å²) < 4.78 is 0. The summed E-state index contributed by atoms with van der Waals surface area (Å²) in [6, 6.07) is 11.8. The van der Waals surface area contributed by atoms with Crippen molar-refractivity contribution in [1.82, 2.24) is 10.2 Å². The first-order valence-corrected chi connectivity index (χ1v) is 10.6. The molecule has 3 heterocycles. The van der Waals surface area contributed by atoms with Crippen molar-refractivity contribution in [3.63, 3.8) is 0 Å². The zero-order chi connectivity index (χ0) is 22.1. The minimum atomic E-state index is -1.41. The van der Waals surface area contributed by atoms with Gasteiger partial charge in [-0.25, -0.2) is 0 Å². The van der Waals surface area contributed by atoms with Crippen LogP contribution in [0, 0.1) is 18.8 Å². The lowest BCUT2D eigenvalue weighted by molar-refractivity contribution is -0.143. The van der Waals surface area contributed by atoms with Crippen LogP contribution in [0.5, 0.6) is 0 Å². The van der Waals surface area contributed by atoms with Gasteiger partial charge in [-0.1, -0.05) is 48.0 Å². The van der Waals surface area contributed by atoms with Gasteiger partial charge in [0, 0.05) is 22.3 Å². The highest BCUT2D eigenvalue weighted by Crippen LogP contribution is 2.54. The average Bonchev–Trinajstić information content (AvgIpc) is 3.32. The van der Waals surface area contributed by atoms with Gasteiger partial charge in [-0.3, -0.25) is 24.6 Å². The smallest absolute Gasteiger partial charge is 0.250 e. The van der Waals surface area contributed by atoms with Crippen LogP contribution in [0.3, 0.4) is 0 Å². The minimum absolute atomic E-state index is 0.0231. The normalized spacial score (nSPS) is 30.0. The molecular formula is C23H22ClN3O4. The third-order valence-electron chi connectivity index (χ3n) is 6.79. The molecule has 3 N–H and O–H groups in total. The highest BCUT2D eigenvalue weighted by Gasteiger charge is 2.71. The van der Waals surface area contributed by atoms with E-state index >= 15 is 0 Å². The van der Waals surface area contributed by atoms with Gasteiger partial charge in [0.1, 0.15) is 5.54 Å². The fourth-order valence-corrected chi connectivity index (χ4v) is 5.53. The number of rotatable bonds is 3. The molecule has 3 aliphatic rings. The fourth-order valence-electron chi connectivity index (χ4n) is 5.33. The zero-order valence-electron chi connectivity index (χ0n) is 17.1. The van der Waals surface area contributed by atoms with E-state index in [0.29, 0.717) is 21.8 Å². The largest absolute Gasteiger partial charge is 0.392 e. The van der Waals surface area contributed by atoms with E-state index in [9.17, 15) is 19.5 Å². The van der Waals surface area contributed by atoms with Crippen molar-refractivity contribution in [3.05, 3.63) is 64.2 Å². The second-order valence-corrected chi connectivity index (χ2v) is 8.94. The van der Waals surface area contributed by atoms with Crippen LogP contribution in [0.4, 0.5) is 5.69 Å². The van der Waals surface area contributed by atoms with Gasteiger partial charge in [0.2, 0.25) is 17.7 Å². The number of benzene rings is 2. The molecule has 8 heteroatoms. The number of para-hydroxylation sites is 1. The predicted octanol–water partition coefficient (Wildman–Crippen LogP) is 1.95. The van der Waals surface area contributed by atoms with Gasteiger partial charge < -0.3 is 10.4 Å². The standard InChI is InChI=1S/C23H22ClN3O4/c1-11-6-5-8-14-18(11)25-22(31)23(14)17-16(19(26-23)12(2)28)20(29)27(21(17)30)10-13-7-3-4-9-15(13)24/h3-9,12,16-17,19,26,28H,10H2,1-2H3,(H,25,31)/t12-,16-,17-,19-,23+/m0/s1. The van der Waals surface area contributed by atoms with Crippen molar-refractivity contribution in [1.29, 1.82) is 0 Å². The van der Waals surface area contributed by atoms with Crippen molar-refractivity contribution in [2.45, 2.75) is 38.1 Å². The molecule has 0 unspecified atom stereocenters. The molecule has 5 rings (SSSR count). The Labute approximate surface area is 184 Å². The maximum atomic E-state index is 13.6. The summed E-state index contributed by atoms with van der Waals surface area (Å²) in [4.78, 5) is 41.6. The molecule has 2 saturated heterocycles. The summed E-state index contributed by atoms with van der Waals surface area (Å²) in [5, 5.41) is 17.0. The Morgan fingerprint density at radius 3 is 2.58 bits per heavy atom. The molecule has 3 amide bonds. The topological polar surface area (TPSA) is 98.7 Å². The summed E-state index contributed by atoms with van der Waals surface area (Å²) >= 11 is 6.26. The summed E-state index contributed by atoms with van der Waals surface area (Å²) in [6.07, 6.45) is -0.939. The zero-order valence-corrected chi connectivity index (χ0v) is 17.8. The Balaban J connectivity index is 1.63. The van der Waals surface area contributed by atoms with Crippen molar-refractivity contribution in [3.8, 4) is 0 Å². The van der Waals surface area contributed by atoms with Gasteiger partial charge in [0.15, 0.2) is 0 Å². The van der Waals surface area contributed by atoms with E-state index in [0.717, 1.165) is 5.56 Å². The van der Waals surface area contributed by atoms with Gasteiger partial charge in [-0.05, 0) is 31.0 Å². The number of aliphatic hydroxyl groups is 1. The van der Waals surface area contributed by atoms with Crippen LogP contribution in [0.1, 0.15) is 23.6 Å². The quantitative estimate of drug-likeness (QED) is 0.635. The lowest BCUT2D eigenvalue weighted by atomic mass is 9.76. The molecular weight excluding hydrogens is 418 g/mol. The Bertz CT molecular complexity index is 1130. The number of nitrogens with zero attached hydrogens (tertiary/aromatic N) is 1.